The van der Waals surface area contributed by atoms with Crippen LogP contribution in [-0.2, 0) is 13.6 Å². The van der Waals surface area contributed by atoms with Gasteiger partial charge in [0, 0.05) is 13.5 Å². The molecule has 1 aromatic rings. The first-order valence-corrected chi connectivity index (χ1v) is 4.88. The van der Waals surface area contributed by atoms with E-state index in [2.05, 4.69) is 35.5 Å². The topological polar surface area (TPSA) is 29.0 Å². The van der Waals surface area contributed by atoms with Crippen LogP contribution in [-0.4, -0.2) is 16.3 Å². The highest BCUT2D eigenvalue weighted by molar-refractivity contribution is 4.78. The van der Waals surface area contributed by atoms with E-state index in [1.54, 1.807) is 0 Å². The number of aryl methyl sites for hydroxylation is 2. The number of unbranched alkanes of at least 4 members (excludes halogenated alkanes) is 2. The van der Waals surface area contributed by atoms with Crippen LogP contribution in [0.25, 0.3) is 0 Å². The molecule has 0 saturated heterocycles. The number of aliphatic hydroxyl groups is 1. The molecule has 3 nitrogen and oxygen atoms in total. The summed E-state index contributed by atoms with van der Waals surface area (Å²) in [6.45, 7) is 3.50. The van der Waals surface area contributed by atoms with E-state index in [-0.39, 0.29) is 0 Å². The van der Waals surface area contributed by atoms with Crippen LogP contribution in [0.4, 0.5) is 0 Å². The number of nitrogens with zero attached hydrogens (tertiary/aromatic N) is 2. The highest BCUT2D eigenvalue weighted by Crippen LogP contribution is 2.00. The average molecular weight is 183 g/mol. The van der Waals surface area contributed by atoms with E-state index in [9.17, 15) is 0 Å². The van der Waals surface area contributed by atoms with Gasteiger partial charge >= 0.3 is 0 Å². The molecule has 0 aromatic carbocycles. The molecule has 1 aromatic heterocycles. The van der Waals surface area contributed by atoms with Gasteiger partial charge in [0.2, 0.25) is 0 Å². The molecule has 74 valence electrons. The fraction of sp³-hybridized carbons (Fsp3) is 0.700. The zero-order valence-electron chi connectivity index (χ0n) is 8.53. The molecule has 0 aliphatic heterocycles. The van der Waals surface area contributed by atoms with Crippen molar-refractivity contribution in [2.75, 3.05) is 6.61 Å². The quantitative estimate of drug-likeness (QED) is 0.530. The Hall–Kier alpha value is -0.830. The lowest BCUT2D eigenvalue weighted by atomic mass is 10.2. The minimum atomic E-state index is 0.318. The number of hydrogen-bond donors (Lipinski definition) is 1. The first-order chi connectivity index (χ1) is 6.25. The Labute approximate surface area is 79.6 Å². The molecule has 0 atom stereocenters. The largest absolute Gasteiger partial charge is 0.396 e. The Morgan fingerprint density at radius 2 is 2.15 bits per heavy atom. The van der Waals surface area contributed by atoms with Gasteiger partial charge in [-0.2, -0.15) is 0 Å². The van der Waals surface area contributed by atoms with Gasteiger partial charge in [-0.15, -0.1) is 0 Å². The van der Waals surface area contributed by atoms with E-state index in [1.807, 2.05) is 0 Å². The molecule has 0 unspecified atom stereocenters. The van der Waals surface area contributed by atoms with Gasteiger partial charge in [-0.25, -0.2) is 9.13 Å². The Morgan fingerprint density at radius 1 is 1.38 bits per heavy atom. The molecule has 3 heteroatoms. The summed E-state index contributed by atoms with van der Waals surface area (Å²) < 4.78 is 4.36. The Balaban J connectivity index is 2.32. The molecule has 1 heterocycles. The molecule has 1 rings (SSSR count). The predicted molar refractivity (Wildman–Crippen MR) is 51.3 cm³/mol. The van der Waals surface area contributed by atoms with Gasteiger partial charge < -0.3 is 5.11 Å². The van der Waals surface area contributed by atoms with Gasteiger partial charge in [-0.1, -0.05) is 0 Å². The summed E-state index contributed by atoms with van der Waals surface area (Å²) in [7, 11) is 2.06. The highest BCUT2D eigenvalue weighted by atomic mass is 16.2. The fourth-order valence-corrected chi connectivity index (χ4v) is 1.41. The van der Waals surface area contributed by atoms with Crippen molar-refractivity contribution in [3.63, 3.8) is 0 Å². The maximum absolute atomic E-state index is 8.61. The molecule has 1 N–H and O–H groups in total. The number of imidazole rings is 1. The zero-order valence-corrected chi connectivity index (χ0v) is 8.53. The summed E-state index contributed by atoms with van der Waals surface area (Å²) in [5, 5.41) is 8.61. The van der Waals surface area contributed by atoms with Crippen molar-refractivity contribution in [2.24, 2.45) is 7.05 Å². The van der Waals surface area contributed by atoms with Gasteiger partial charge in [-0.3, -0.25) is 0 Å². The maximum Gasteiger partial charge on any atom is 0.253 e. The lowest BCUT2D eigenvalue weighted by molar-refractivity contribution is -0.677. The molecular weight excluding hydrogens is 164 g/mol. The predicted octanol–water partition coefficient (Wildman–Crippen LogP) is 0.784. The SMILES string of the molecule is Cc1n(CCCCCO)cc[n+]1C. The van der Waals surface area contributed by atoms with Gasteiger partial charge in [0.25, 0.3) is 5.82 Å². The van der Waals surface area contributed by atoms with Crippen molar-refractivity contribution in [3.8, 4) is 0 Å². The Kier molecular flexibility index (Phi) is 3.96. The normalized spacial score (nSPS) is 10.7. The third kappa shape index (κ3) is 2.84. The first kappa shape index (κ1) is 10.3. The summed E-state index contributed by atoms with van der Waals surface area (Å²) in [6.07, 6.45) is 7.36. The van der Waals surface area contributed by atoms with E-state index in [4.69, 9.17) is 5.11 Å². The molecule has 13 heavy (non-hydrogen) atoms. The molecule has 0 amide bonds. The van der Waals surface area contributed by atoms with Crippen molar-refractivity contribution < 1.29 is 9.67 Å². The van der Waals surface area contributed by atoms with E-state index in [0.29, 0.717) is 6.61 Å². The van der Waals surface area contributed by atoms with E-state index in [0.717, 1.165) is 25.8 Å². The zero-order chi connectivity index (χ0) is 9.68. The van der Waals surface area contributed by atoms with Crippen LogP contribution in [0.15, 0.2) is 12.4 Å². The van der Waals surface area contributed by atoms with E-state index < -0.39 is 0 Å². The third-order valence-electron chi connectivity index (χ3n) is 2.45. The summed E-state index contributed by atoms with van der Waals surface area (Å²) in [5.74, 6) is 1.28. The molecule has 0 aliphatic carbocycles. The third-order valence-corrected chi connectivity index (χ3v) is 2.45. The molecular formula is C10H19N2O+. The second-order valence-corrected chi connectivity index (χ2v) is 3.43. The number of hydrogen-bond acceptors (Lipinski definition) is 1. The molecule has 0 spiro atoms. The monoisotopic (exact) mass is 183 g/mol. The van der Waals surface area contributed by atoms with Crippen LogP contribution in [0.3, 0.4) is 0 Å². The second kappa shape index (κ2) is 5.02. The van der Waals surface area contributed by atoms with Gasteiger partial charge in [0.1, 0.15) is 12.4 Å². The van der Waals surface area contributed by atoms with Crippen LogP contribution < -0.4 is 4.57 Å². The Morgan fingerprint density at radius 3 is 2.69 bits per heavy atom. The lowest BCUT2D eigenvalue weighted by Crippen LogP contribution is -2.29. The molecule has 0 aliphatic rings. The number of aliphatic hydroxyl groups excluding tert-OH is 1. The van der Waals surface area contributed by atoms with Crippen molar-refractivity contribution in [1.82, 2.24) is 4.57 Å². The molecule has 0 radical (unpaired) electrons. The van der Waals surface area contributed by atoms with Gasteiger partial charge in [0.15, 0.2) is 0 Å². The minimum Gasteiger partial charge on any atom is -0.396 e. The second-order valence-electron chi connectivity index (χ2n) is 3.43. The van der Waals surface area contributed by atoms with Crippen LogP contribution in [0.5, 0.6) is 0 Å². The van der Waals surface area contributed by atoms with Gasteiger partial charge in [-0.05, 0) is 19.3 Å². The van der Waals surface area contributed by atoms with Crippen molar-refractivity contribution in [2.45, 2.75) is 32.7 Å². The van der Waals surface area contributed by atoms with Crippen LogP contribution in [0, 0.1) is 6.92 Å². The Bertz CT molecular complexity index is 255. The van der Waals surface area contributed by atoms with E-state index >= 15 is 0 Å². The van der Waals surface area contributed by atoms with Crippen molar-refractivity contribution >= 4 is 0 Å². The smallest absolute Gasteiger partial charge is 0.253 e. The fourth-order valence-electron chi connectivity index (χ4n) is 1.41. The first-order valence-electron chi connectivity index (χ1n) is 4.88. The highest BCUT2D eigenvalue weighted by Gasteiger charge is 2.06. The minimum absolute atomic E-state index is 0.318. The van der Waals surface area contributed by atoms with E-state index in [1.165, 1.54) is 5.82 Å². The molecule has 0 fully saturated rings. The maximum atomic E-state index is 8.61. The number of rotatable bonds is 5. The standard InChI is InChI=1S/C10H19N2O/c1-10-11(2)7-8-12(10)6-4-3-5-9-13/h7-8,13H,3-6,9H2,1-2H3/q+1. The lowest BCUT2D eigenvalue weighted by Gasteiger charge is -1.98. The van der Waals surface area contributed by atoms with Gasteiger partial charge in [0.05, 0.1) is 13.6 Å². The summed E-state index contributed by atoms with van der Waals surface area (Å²) >= 11 is 0. The van der Waals surface area contributed by atoms with Crippen LogP contribution in [0.2, 0.25) is 0 Å². The van der Waals surface area contributed by atoms with Crippen LogP contribution in [0.1, 0.15) is 25.1 Å². The summed E-state index contributed by atoms with van der Waals surface area (Å²) in [4.78, 5) is 0. The van der Waals surface area contributed by atoms with Crippen molar-refractivity contribution in [3.05, 3.63) is 18.2 Å². The van der Waals surface area contributed by atoms with Crippen LogP contribution >= 0.6 is 0 Å². The molecule has 0 saturated carbocycles. The number of aromatic nitrogens is 2. The average Bonchev–Trinajstić information content (AvgIpc) is 2.43. The van der Waals surface area contributed by atoms with Crippen molar-refractivity contribution in [1.29, 1.82) is 0 Å². The summed E-state index contributed by atoms with van der Waals surface area (Å²) in [6, 6.07) is 0. The molecule has 0 bridgehead atoms. The summed E-state index contributed by atoms with van der Waals surface area (Å²) in [5.41, 5.74) is 0.